The van der Waals surface area contributed by atoms with Gasteiger partial charge in [-0.2, -0.15) is 5.10 Å². The van der Waals surface area contributed by atoms with Crippen LogP contribution in [0.25, 0.3) is 11.3 Å². The maximum Gasteiger partial charge on any atom is 0.264 e. The van der Waals surface area contributed by atoms with E-state index in [9.17, 15) is 9.18 Å². The van der Waals surface area contributed by atoms with Gasteiger partial charge >= 0.3 is 0 Å². The van der Waals surface area contributed by atoms with Gasteiger partial charge in [0.15, 0.2) is 0 Å². The molecule has 2 aromatic rings. The largest absolute Gasteiger partial charge is 0.496 e. The minimum Gasteiger partial charge on any atom is -0.496 e. The quantitative estimate of drug-likeness (QED) is 0.851. The van der Waals surface area contributed by atoms with E-state index in [1.165, 1.54) is 31.4 Å². The van der Waals surface area contributed by atoms with Gasteiger partial charge in [-0.15, -0.1) is 0 Å². The Labute approximate surface area is 102 Å². The van der Waals surface area contributed by atoms with Crippen LogP contribution in [-0.4, -0.2) is 17.3 Å². The molecule has 0 spiro atoms. The number of benzene rings is 1. The van der Waals surface area contributed by atoms with Gasteiger partial charge in [-0.05, 0) is 23.8 Å². The van der Waals surface area contributed by atoms with Gasteiger partial charge in [0.25, 0.3) is 5.56 Å². The molecule has 18 heavy (non-hydrogen) atoms. The molecule has 2 rings (SSSR count). The molecule has 0 atom stereocenters. The molecule has 0 radical (unpaired) electrons. The molecule has 0 fully saturated rings. The zero-order valence-electron chi connectivity index (χ0n) is 9.74. The maximum atomic E-state index is 13.3. The number of methoxy groups -OCH3 is 1. The van der Waals surface area contributed by atoms with Crippen molar-refractivity contribution in [3.05, 3.63) is 46.0 Å². The Balaban J connectivity index is 2.67. The summed E-state index contributed by atoms with van der Waals surface area (Å²) in [5.74, 6) is 0.0485. The van der Waals surface area contributed by atoms with Crippen molar-refractivity contribution in [1.82, 2.24) is 10.2 Å². The predicted octanol–water partition coefficient (Wildman–Crippen LogP) is 1.04. The summed E-state index contributed by atoms with van der Waals surface area (Å²) in [4.78, 5) is 11.2. The van der Waals surface area contributed by atoms with Gasteiger partial charge < -0.3 is 10.5 Å². The van der Waals surface area contributed by atoms with Crippen LogP contribution in [0.15, 0.2) is 29.1 Å². The van der Waals surface area contributed by atoms with Crippen molar-refractivity contribution in [1.29, 1.82) is 0 Å². The summed E-state index contributed by atoms with van der Waals surface area (Å²) in [6.07, 6.45) is 0. The number of nitrogens with two attached hydrogens (primary N) is 1. The number of H-pyrrole nitrogens is 1. The van der Waals surface area contributed by atoms with Gasteiger partial charge in [0.2, 0.25) is 0 Å². The monoisotopic (exact) mass is 249 g/mol. The number of ether oxygens (including phenoxy) is 1. The topological polar surface area (TPSA) is 81.0 Å². The Kier molecular flexibility index (Phi) is 3.38. The molecule has 3 N–H and O–H groups in total. The number of rotatable bonds is 3. The van der Waals surface area contributed by atoms with E-state index in [0.717, 1.165) is 0 Å². The molecular weight excluding hydrogens is 237 g/mol. The second-order valence-electron chi connectivity index (χ2n) is 3.65. The van der Waals surface area contributed by atoms with Crippen LogP contribution in [0.4, 0.5) is 4.39 Å². The molecule has 0 aliphatic heterocycles. The van der Waals surface area contributed by atoms with Gasteiger partial charge in [0.05, 0.1) is 12.8 Å². The van der Waals surface area contributed by atoms with Gasteiger partial charge in [0, 0.05) is 18.2 Å². The Morgan fingerprint density at radius 2 is 2.22 bits per heavy atom. The highest BCUT2D eigenvalue weighted by molar-refractivity contribution is 5.69. The van der Waals surface area contributed by atoms with Gasteiger partial charge in [-0.25, -0.2) is 9.49 Å². The first kappa shape index (κ1) is 12.3. The number of hydrogen-bond donors (Lipinski definition) is 2. The lowest BCUT2D eigenvalue weighted by molar-refractivity contribution is 0.415. The molecule has 0 aliphatic carbocycles. The van der Waals surface area contributed by atoms with Crippen LogP contribution in [0.3, 0.4) is 0 Å². The summed E-state index contributed by atoms with van der Waals surface area (Å²) in [5, 5.41) is 6.21. The van der Waals surface area contributed by atoms with E-state index in [-0.39, 0.29) is 12.1 Å². The third kappa shape index (κ3) is 2.23. The Morgan fingerprint density at radius 3 is 2.89 bits per heavy atom. The summed E-state index contributed by atoms with van der Waals surface area (Å²) < 4.78 is 18.4. The van der Waals surface area contributed by atoms with Gasteiger partial charge in [-0.1, -0.05) is 0 Å². The highest BCUT2D eigenvalue weighted by Gasteiger charge is 2.13. The predicted molar refractivity (Wildman–Crippen MR) is 64.7 cm³/mol. The van der Waals surface area contributed by atoms with E-state index in [1.54, 1.807) is 0 Å². The highest BCUT2D eigenvalue weighted by Crippen LogP contribution is 2.30. The number of nitrogens with one attached hydrogen (secondary N) is 1. The van der Waals surface area contributed by atoms with E-state index in [2.05, 4.69) is 10.2 Å². The number of aromatic amines is 1. The average Bonchev–Trinajstić information content (AvgIpc) is 2.38. The van der Waals surface area contributed by atoms with Crippen molar-refractivity contribution >= 4 is 0 Å². The van der Waals surface area contributed by atoms with Crippen molar-refractivity contribution in [2.45, 2.75) is 6.54 Å². The zero-order valence-corrected chi connectivity index (χ0v) is 9.74. The van der Waals surface area contributed by atoms with Crippen LogP contribution in [0.5, 0.6) is 5.75 Å². The first-order chi connectivity index (χ1) is 8.65. The third-order valence-electron chi connectivity index (χ3n) is 2.52. The van der Waals surface area contributed by atoms with Crippen LogP contribution < -0.4 is 16.0 Å². The molecule has 5 nitrogen and oxygen atoms in total. The SMILES string of the molecule is COc1ccc(F)cc1-c1n[nH]c(=O)cc1CN. The van der Waals surface area contributed by atoms with E-state index < -0.39 is 5.82 Å². The lowest BCUT2D eigenvalue weighted by atomic mass is 10.1. The molecule has 0 amide bonds. The molecule has 6 heteroatoms. The third-order valence-corrected chi connectivity index (χ3v) is 2.52. The van der Waals surface area contributed by atoms with Crippen LogP contribution in [0, 0.1) is 5.82 Å². The van der Waals surface area contributed by atoms with Crippen molar-refractivity contribution in [2.24, 2.45) is 5.73 Å². The van der Waals surface area contributed by atoms with Crippen molar-refractivity contribution in [2.75, 3.05) is 7.11 Å². The molecule has 94 valence electrons. The molecule has 1 heterocycles. The second kappa shape index (κ2) is 4.97. The molecule has 0 aliphatic rings. The number of halogens is 1. The molecular formula is C12H12FN3O2. The van der Waals surface area contributed by atoms with Crippen LogP contribution in [0.2, 0.25) is 0 Å². The summed E-state index contributed by atoms with van der Waals surface area (Å²) in [6, 6.07) is 5.42. The first-order valence-corrected chi connectivity index (χ1v) is 5.28. The molecule has 0 saturated heterocycles. The van der Waals surface area contributed by atoms with Crippen LogP contribution >= 0.6 is 0 Å². The summed E-state index contributed by atoms with van der Waals surface area (Å²) in [7, 11) is 1.48. The smallest absolute Gasteiger partial charge is 0.264 e. The molecule has 0 saturated carbocycles. The molecule has 1 aromatic carbocycles. The van der Waals surface area contributed by atoms with Crippen molar-refractivity contribution < 1.29 is 9.13 Å². The van der Waals surface area contributed by atoms with Gasteiger partial charge in [0.1, 0.15) is 11.6 Å². The Bertz CT molecular complexity index is 625. The lowest BCUT2D eigenvalue weighted by Crippen LogP contribution is -2.13. The van der Waals surface area contributed by atoms with Crippen molar-refractivity contribution in [3.8, 4) is 17.0 Å². The molecule has 0 unspecified atom stereocenters. The summed E-state index contributed by atoms with van der Waals surface area (Å²) >= 11 is 0. The van der Waals surface area contributed by atoms with E-state index in [4.69, 9.17) is 10.5 Å². The number of nitrogens with zero attached hydrogens (tertiary/aromatic N) is 1. The van der Waals surface area contributed by atoms with Gasteiger partial charge in [-0.3, -0.25) is 4.79 Å². The molecule has 0 bridgehead atoms. The van der Waals surface area contributed by atoms with Crippen LogP contribution in [0.1, 0.15) is 5.56 Å². The zero-order chi connectivity index (χ0) is 13.1. The normalized spacial score (nSPS) is 10.4. The fraction of sp³-hybridized carbons (Fsp3) is 0.167. The fourth-order valence-electron chi connectivity index (χ4n) is 1.70. The van der Waals surface area contributed by atoms with E-state index in [0.29, 0.717) is 22.6 Å². The number of hydrogen-bond acceptors (Lipinski definition) is 4. The Morgan fingerprint density at radius 1 is 1.44 bits per heavy atom. The fourth-order valence-corrected chi connectivity index (χ4v) is 1.70. The van der Waals surface area contributed by atoms with Crippen LogP contribution in [-0.2, 0) is 6.54 Å². The summed E-state index contributed by atoms with van der Waals surface area (Å²) in [5.41, 5.74) is 6.60. The first-order valence-electron chi connectivity index (χ1n) is 5.28. The highest BCUT2D eigenvalue weighted by atomic mass is 19.1. The summed E-state index contributed by atoms with van der Waals surface area (Å²) in [6.45, 7) is 0.131. The second-order valence-corrected chi connectivity index (χ2v) is 3.65. The molecule has 1 aromatic heterocycles. The Hall–Kier alpha value is -2.21. The van der Waals surface area contributed by atoms with Crippen molar-refractivity contribution in [3.63, 3.8) is 0 Å². The van der Waals surface area contributed by atoms with E-state index in [1.807, 2.05) is 0 Å². The van der Waals surface area contributed by atoms with E-state index >= 15 is 0 Å². The maximum absolute atomic E-state index is 13.3. The minimum absolute atomic E-state index is 0.131. The lowest BCUT2D eigenvalue weighted by Gasteiger charge is -2.10. The minimum atomic E-state index is -0.415. The number of aromatic nitrogens is 2. The average molecular weight is 249 g/mol. The standard InChI is InChI=1S/C12H12FN3O2/c1-18-10-3-2-8(13)5-9(10)12-7(6-14)4-11(17)15-16-12/h2-5H,6,14H2,1H3,(H,15,17).